The van der Waals surface area contributed by atoms with Crippen LogP contribution in [0.1, 0.15) is 5.56 Å². The molecule has 0 aliphatic rings. The smallest absolute Gasteiger partial charge is 0.203 e. The maximum atomic E-state index is 9.03. The quantitative estimate of drug-likeness (QED) is 0.488. The van der Waals surface area contributed by atoms with Gasteiger partial charge in [-0.2, -0.15) is 11.8 Å². The van der Waals surface area contributed by atoms with E-state index in [4.69, 9.17) is 19.4 Å². The van der Waals surface area contributed by atoms with Crippen molar-refractivity contribution >= 4 is 17.5 Å². The average Bonchev–Trinajstić information content (AvgIpc) is 2.42. The standard InChI is InChI=1S/C12H17NO4S/c1-15-10-5-8(9(13-14)7-18-4)6-11(16-2)12(10)17-3/h5-6,14H,7H2,1-4H3. The van der Waals surface area contributed by atoms with Gasteiger partial charge in [0.05, 0.1) is 27.0 Å². The number of thioether (sulfide) groups is 1. The Labute approximate surface area is 111 Å². The van der Waals surface area contributed by atoms with E-state index in [0.717, 1.165) is 5.56 Å². The van der Waals surface area contributed by atoms with Gasteiger partial charge in [0, 0.05) is 11.3 Å². The van der Waals surface area contributed by atoms with Crippen LogP contribution in [0.4, 0.5) is 0 Å². The summed E-state index contributed by atoms with van der Waals surface area (Å²) in [5, 5.41) is 12.3. The summed E-state index contributed by atoms with van der Waals surface area (Å²) < 4.78 is 15.7. The van der Waals surface area contributed by atoms with Crippen LogP contribution in [0.5, 0.6) is 17.2 Å². The largest absolute Gasteiger partial charge is 0.493 e. The topological polar surface area (TPSA) is 60.3 Å². The lowest BCUT2D eigenvalue weighted by molar-refractivity contribution is 0.318. The van der Waals surface area contributed by atoms with Gasteiger partial charge in [-0.15, -0.1) is 0 Å². The first-order chi connectivity index (χ1) is 8.71. The normalized spacial score (nSPS) is 11.2. The number of hydrogen-bond acceptors (Lipinski definition) is 6. The minimum Gasteiger partial charge on any atom is -0.493 e. The number of nitrogens with zero attached hydrogens (tertiary/aromatic N) is 1. The molecule has 0 atom stereocenters. The van der Waals surface area contributed by atoms with Crippen molar-refractivity contribution in [1.82, 2.24) is 0 Å². The minimum absolute atomic E-state index is 0.519. The first kappa shape index (κ1) is 14.5. The highest BCUT2D eigenvalue weighted by molar-refractivity contribution is 7.99. The van der Waals surface area contributed by atoms with E-state index in [2.05, 4.69) is 5.16 Å². The number of hydrogen-bond donors (Lipinski definition) is 1. The van der Waals surface area contributed by atoms with Crippen LogP contribution in [0.3, 0.4) is 0 Å². The second kappa shape index (κ2) is 7.00. The number of methoxy groups -OCH3 is 3. The van der Waals surface area contributed by atoms with E-state index in [9.17, 15) is 0 Å². The highest BCUT2D eigenvalue weighted by atomic mass is 32.2. The molecule has 1 aromatic rings. The molecule has 0 aliphatic heterocycles. The van der Waals surface area contributed by atoms with Gasteiger partial charge in [0.15, 0.2) is 11.5 Å². The predicted molar refractivity (Wildman–Crippen MR) is 72.8 cm³/mol. The maximum Gasteiger partial charge on any atom is 0.203 e. The molecule has 1 rings (SSSR count). The Hall–Kier alpha value is -1.56. The molecule has 0 heterocycles. The van der Waals surface area contributed by atoms with Crippen molar-refractivity contribution in [3.8, 4) is 17.2 Å². The van der Waals surface area contributed by atoms with Gasteiger partial charge in [0.2, 0.25) is 5.75 Å². The molecule has 0 aromatic heterocycles. The van der Waals surface area contributed by atoms with Crippen molar-refractivity contribution in [3.05, 3.63) is 17.7 Å². The van der Waals surface area contributed by atoms with Crippen LogP contribution in [-0.4, -0.2) is 44.3 Å². The summed E-state index contributed by atoms with van der Waals surface area (Å²) in [4.78, 5) is 0. The first-order valence-electron chi connectivity index (χ1n) is 5.22. The fourth-order valence-corrected chi connectivity index (χ4v) is 2.05. The molecule has 1 aromatic carbocycles. The van der Waals surface area contributed by atoms with Crippen molar-refractivity contribution in [1.29, 1.82) is 0 Å². The van der Waals surface area contributed by atoms with Crippen molar-refractivity contribution in [3.63, 3.8) is 0 Å². The van der Waals surface area contributed by atoms with Crippen molar-refractivity contribution in [2.45, 2.75) is 0 Å². The molecule has 0 radical (unpaired) electrons. The van der Waals surface area contributed by atoms with E-state index in [1.165, 1.54) is 0 Å². The number of oxime groups is 1. The van der Waals surface area contributed by atoms with E-state index in [1.54, 1.807) is 45.2 Å². The highest BCUT2D eigenvalue weighted by Crippen LogP contribution is 2.38. The van der Waals surface area contributed by atoms with Gasteiger partial charge in [-0.1, -0.05) is 5.16 Å². The van der Waals surface area contributed by atoms with Crippen LogP contribution in [0.25, 0.3) is 0 Å². The Morgan fingerprint density at radius 1 is 1.17 bits per heavy atom. The molecule has 0 saturated carbocycles. The lowest BCUT2D eigenvalue weighted by atomic mass is 10.1. The Balaban J connectivity index is 3.30. The summed E-state index contributed by atoms with van der Waals surface area (Å²) in [7, 11) is 4.64. The summed E-state index contributed by atoms with van der Waals surface area (Å²) in [6.45, 7) is 0. The van der Waals surface area contributed by atoms with Crippen molar-refractivity contribution in [2.75, 3.05) is 33.3 Å². The molecule has 6 heteroatoms. The molecule has 18 heavy (non-hydrogen) atoms. The van der Waals surface area contributed by atoms with Gasteiger partial charge in [-0.3, -0.25) is 0 Å². The zero-order valence-electron chi connectivity index (χ0n) is 10.9. The van der Waals surface area contributed by atoms with E-state index < -0.39 is 0 Å². The van der Waals surface area contributed by atoms with Crippen LogP contribution in [0.15, 0.2) is 17.3 Å². The van der Waals surface area contributed by atoms with Gasteiger partial charge in [-0.05, 0) is 18.4 Å². The van der Waals surface area contributed by atoms with Crippen molar-refractivity contribution < 1.29 is 19.4 Å². The van der Waals surface area contributed by atoms with E-state index >= 15 is 0 Å². The summed E-state index contributed by atoms with van der Waals surface area (Å²) in [5.74, 6) is 2.18. The SMILES string of the molecule is COc1cc(C(CSC)=NO)cc(OC)c1OC. The fourth-order valence-electron chi connectivity index (χ4n) is 1.55. The lowest BCUT2D eigenvalue weighted by Gasteiger charge is -2.14. The highest BCUT2D eigenvalue weighted by Gasteiger charge is 2.15. The third-order valence-electron chi connectivity index (χ3n) is 2.40. The molecular formula is C12H17NO4S. The van der Waals surface area contributed by atoms with E-state index in [1.807, 2.05) is 6.26 Å². The molecule has 0 saturated heterocycles. The monoisotopic (exact) mass is 271 g/mol. The maximum absolute atomic E-state index is 9.03. The summed E-state index contributed by atoms with van der Waals surface area (Å²) in [6.07, 6.45) is 1.93. The van der Waals surface area contributed by atoms with Gasteiger partial charge in [-0.25, -0.2) is 0 Å². The number of rotatable bonds is 6. The summed E-state index contributed by atoms with van der Waals surface area (Å²) in [5.41, 5.74) is 1.29. The summed E-state index contributed by atoms with van der Waals surface area (Å²) in [6, 6.07) is 3.51. The third-order valence-corrected chi connectivity index (χ3v) is 2.96. The Kier molecular flexibility index (Phi) is 5.64. The zero-order chi connectivity index (χ0) is 13.5. The third kappa shape index (κ3) is 3.01. The first-order valence-corrected chi connectivity index (χ1v) is 6.61. The van der Waals surface area contributed by atoms with Crippen LogP contribution in [0, 0.1) is 0 Å². The average molecular weight is 271 g/mol. The summed E-state index contributed by atoms with van der Waals surface area (Å²) >= 11 is 1.56. The molecular weight excluding hydrogens is 254 g/mol. The van der Waals surface area contributed by atoms with Gasteiger partial charge in [0.25, 0.3) is 0 Å². The van der Waals surface area contributed by atoms with Gasteiger partial charge < -0.3 is 19.4 Å². The minimum atomic E-state index is 0.519. The molecule has 0 bridgehead atoms. The fraction of sp³-hybridized carbons (Fsp3) is 0.417. The number of ether oxygens (including phenoxy) is 3. The predicted octanol–water partition coefficient (Wildman–Crippen LogP) is 2.25. The second-order valence-electron chi connectivity index (χ2n) is 3.39. The number of benzene rings is 1. The van der Waals surface area contributed by atoms with E-state index in [0.29, 0.717) is 28.7 Å². The lowest BCUT2D eigenvalue weighted by Crippen LogP contribution is -2.06. The van der Waals surface area contributed by atoms with Crippen LogP contribution < -0.4 is 14.2 Å². The Morgan fingerprint density at radius 2 is 1.72 bits per heavy atom. The van der Waals surface area contributed by atoms with Crippen LogP contribution >= 0.6 is 11.8 Å². The second-order valence-corrected chi connectivity index (χ2v) is 4.26. The molecule has 0 unspecified atom stereocenters. The van der Waals surface area contributed by atoms with Crippen LogP contribution in [0.2, 0.25) is 0 Å². The molecule has 100 valence electrons. The van der Waals surface area contributed by atoms with Gasteiger partial charge >= 0.3 is 0 Å². The van der Waals surface area contributed by atoms with E-state index in [-0.39, 0.29) is 0 Å². The molecule has 0 amide bonds. The van der Waals surface area contributed by atoms with Crippen molar-refractivity contribution in [2.24, 2.45) is 5.16 Å². The van der Waals surface area contributed by atoms with Gasteiger partial charge in [0.1, 0.15) is 0 Å². The Morgan fingerprint density at radius 3 is 2.06 bits per heavy atom. The van der Waals surface area contributed by atoms with Crippen LogP contribution in [-0.2, 0) is 0 Å². The molecule has 1 N–H and O–H groups in total. The molecule has 0 aliphatic carbocycles. The molecule has 5 nitrogen and oxygen atoms in total. The zero-order valence-corrected chi connectivity index (χ0v) is 11.7. The molecule has 0 spiro atoms. The molecule has 0 fully saturated rings. The Bertz CT molecular complexity index is 409.